The highest BCUT2D eigenvalue weighted by atomic mass is 16.4. The number of nitrogens with one attached hydrogen (secondary N) is 1. The van der Waals surface area contributed by atoms with Gasteiger partial charge in [0.25, 0.3) is 0 Å². The average Bonchev–Trinajstić information content (AvgIpc) is 2.79. The Morgan fingerprint density at radius 3 is 2.41 bits per heavy atom. The van der Waals surface area contributed by atoms with E-state index in [1.807, 2.05) is 5.01 Å². The Hall–Kier alpha value is -1.30. The van der Waals surface area contributed by atoms with Crippen LogP contribution in [0.25, 0.3) is 0 Å². The van der Waals surface area contributed by atoms with Gasteiger partial charge in [-0.1, -0.05) is 6.42 Å². The van der Waals surface area contributed by atoms with Crippen LogP contribution < -0.4 is 5.43 Å². The molecule has 0 aromatic heterocycles. The minimum Gasteiger partial charge on any atom is -0.481 e. The molecule has 2 amide bonds. The number of likely N-dealkylation sites (tertiary alicyclic amines) is 1. The third kappa shape index (κ3) is 3.09. The number of carboxylic acid groups (broad SMARTS) is 1. The lowest BCUT2D eigenvalue weighted by Gasteiger charge is -2.29. The summed E-state index contributed by atoms with van der Waals surface area (Å²) in [4.78, 5) is 24.2. The van der Waals surface area contributed by atoms with Crippen LogP contribution in [0.1, 0.15) is 25.7 Å². The molecule has 6 heteroatoms. The molecule has 1 atom stereocenters. The molecule has 96 valence electrons. The summed E-state index contributed by atoms with van der Waals surface area (Å²) in [5.74, 6) is -1.21. The number of nitrogens with zero attached hydrogens (tertiary/aromatic N) is 2. The monoisotopic (exact) mass is 241 g/mol. The van der Waals surface area contributed by atoms with Crippen molar-refractivity contribution in [3.8, 4) is 0 Å². The van der Waals surface area contributed by atoms with Crippen LogP contribution >= 0.6 is 0 Å². The van der Waals surface area contributed by atoms with Gasteiger partial charge in [-0.2, -0.15) is 0 Å². The van der Waals surface area contributed by atoms with Gasteiger partial charge in [-0.05, 0) is 19.3 Å². The maximum absolute atomic E-state index is 11.9. The topological polar surface area (TPSA) is 72.9 Å². The molecular formula is C11H19N3O3. The first-order valence-electron chi connectivity index (χ1n) is 6.20. The van der Waals surface area contributed by atoms with Crippen LogP contribution in [0.2, 0.25) is 0 Å². The van der Waals surface area contributed by atoms with Crippen molar-refractivity contribution >= 4 is 12.0 Å². The maximum Gasteiger partial charge on any atom is 0.331 e. The largest absolute Gasteiger partial charge is 0.481 e. The van der Waals surface area contributed by atoms with Crippen LogP contribution in [0.5, 0.6) is 0 Å². The van der Waals surface area contributed by atoms with E-state index in [2.05, 4.69) is 5.43 Å². The zero-order valence-corrected chi connectivity index (χ0v) is 9.89. The van der Waals surface area contributed by atoms with Crippen molar-refractivity contribution in [1.29, 1.82) is 0 Å². The number of piperidine rings is 1. The molecule has 0 aromatic rings. The number of urea groups is 1. The number of carboxylic acids is 1. The lowest BCUT2D eigenvalue weighted by molar-refractivity contribution is -0.141. The van der Waals surface area contributed by atoms with Gasteiger partial charge < -0.3 is 10.0 Å². The highest BCUT2D eigenvalue weighted by Crippen LogP contribution is 2.16. The summed E-state index contributed by atoms with van der Waals surface area (Å²) in [7, 11) is 0. The zero-order valence-electron chi connectivity index (χ0n) is 9.89. The van der Waals surface area contributed by atoms with E-state index < -0.39 is 11.9 Å². The third-order valence-corrected chi connectivity index (χ3v) is 3.43. The Balaban J connectivity index is 1.78. The van der Waals surface area contributed by atoms with Crippen LogP contribution in [0, 0.1) is 5.92 Å². The van der Waals surface area contributed by atoms with Gasteiger partial charge in [0.2, 0.25) is 0 Å². The smallest absolute Gasteiger partial charge is 0.331 e. The molecule has 2 aliphatic rings. The van der Waals surface area contributed by atoms with E-state index in [1.165, 1.54) is 6.42 Å². The Bertz CT molecular complexity index is 302. The van der Waals surface area contributed by atoms with Gasteiger partial charge in [0, 0.05) is 26.2 Å². The van der Waals surface area contributed by atoms with Gasteiger partial charge in [0.05, 0.1) is 5.92 Å². The molecule has 0 aromatic carbocycles. The van der Waals surface area contributed by atoms with Crippen molar-refractivity contribution in [1.82, 2.24) is 15.3 Å². The Morgan fingerprint density at radius 1 is 1.12 bits per heavy atom. The number of amides is 2. The van der Waals surface area contributed by atoms with E-state index in [9.17, 15) is 9.59 Å². The molecule has 2 fully saturated rings. The fraction of sp³-hybridized carbons (Fsp3) is 0.818. The van der Waals surface area contributed by atoms with Crippen LogP contribution in [-0.4, -0.2) is 53.2 Å². The van der Waals surface area contributed by atoms with Gasteiger partial charge in [0.15, 0.2) is 0 Å². The number of carbonyl (C=O) groups is 2. The van der Waals surface area contributed by atoms with Gasteiger partial charge in [-0.25, -0.2) is 9.80 Å². The molecular weight excluding hydrogens is 222 g/mol. The van der Waals surface area contributed by atoms with Crippen molar-refractivity contribution < 1.29 is 14.7 Å². The normalized spacial score (nSPS) is 25.9. The Morgan fingerprint density at radius 2 is 1.82 bits per heavy atom. The molecule has 2 heterocycles. The lowest BCUT2D eigenvalue weighted by Crippen LogP contribution is -2.50. The Kier molecular flexibility index (Phi) is 3.83. The SMILES string of the molecule is O=C(O)C1CCN(C(=O)NN2CCCCC2)C1. The van der Waals surface area contributed by atoms with E-state index >= 15 is 0 Å². The summed E-state index contributed by atoms with van der Waals surface area (Å²) in [5.41, 5.74) is 2.85. The van der Waals surface area contributed by atoms with E-state index in [1.54, 1.807) is 4.90 Å². The summed E-state index contributed by atoms with van der Waals surface area (Å²) in [6.45, 7) is 2.65. The van der Waals surface area contributed by atoms with Crippen LogP contribution in [-0.2, 0) is 4.79 Å². The lowest BCUT2D eigenvalue weighted by atomic mass is 10.1. The second-order valence-electron chi connectivity index (χ2n) is 4.73. The molecule has 2 aliphatic heterocycles. The first-order chi connectivity index (χ1) is 8.16. The quantitative estimate of drug-likeness (QED) is 0.738. The number of hydrogen-bond donors (Lipinski definition) is 2. The predicted molar refractivity (Wildman–Crippen MR) is 61.3 cm³/mol. The number of carbonyl (C=O) groups excluding carboxylic acids is 1. The molecule has 17 heavy (non-hydrogen) atoms. The molecule has 1 unspecified atom stereocenters. The van der Waals surface area contributed by atoms with E-state index in [0.29, 0.717) is 19.5 Å². The fourth-order valence-corrected chi connectivity index (χ4v) is 2.36. The first kappa shape index (κ1) is 12.2. The van der Waals surface area contributed by atoms with E-state index in [-0.39, 0.29) is 6.03 Å². The van der Waals surface area contributed by atoms with Crippen molar-refractivity contribution in [2.24, 2.45) is 5.92 Å². The number of hydrogen-bond acceptors (Lipinski definition) is 3. The highest BCUT2D eigenvalue weighted by molar-refractivity contribution is 5.77. The van der Waals surface area contributed by atoms with Crippen molar-refractivity contribution in [3.63, 3.8) is 0 Å². The standard InChI is InChI=1S/C11H19N3O3/c15-10(16)9-4-7-13(8-9)11(17)12-14-5-2-1-3-6-14/h9H,1-8H2,(H,12,17)(H,15,16). The molecule has 0 saturated carbocycles. The van der Waals surface area contributed by atoms with E-state index in [0.717, 1.165) is 25.9 Å². The zero-order chi connectivity index (χ0) is 12.3. The molecule has 0 bridgehead atoms. The summed E-state index contributed by atoms with van der Waals surface area (Å²) in [6.07, 6.45) is 4.00. The summed E-state index contributed by atoms with van der Waals surface area (Å²) in [6, 6.07) is -0.157. The number of aliphatic carboxylic acids is 1. The molecule has 0 aliphatic carbocycles. The van der Waals surface area contributed by atoms with Crippen molar-refractivity contribution in [2.45, 2.75) is 25.7 Å². The third-order valence-electron chi connectivity index (χ3n) is 3.43. The number of hydrazine groups is 1. The molecule has 6 nitrogen and oxygen atoms in total. The molecule has 0 radical (unpaired) electrons. The van der Waals surface area contributed by atoms with Crippen molar-refractivity contribution in [3.05, 3.63) is 0 Å². The minimum atomic E-state index is -0.807. The fourth-order valence-electron chi connectivity index (χ4n) is 2.36. The summed E-state index contributed by atoms with van der Waals surface area (Å²) in [5, 5.41) is 10.8. The van der Waals surface area contributed by atoms with Crippen molar-refractivity contribution in [2.75, 3.05) is 26.2 Å². The Labute approximate surface area is 101 Å². The van der Waals surface area contributed by atoms with Gasteiger partial charge >= 0.3 is 12.0 Å². The minimum absolute atomic E-state index is 0.157. The predicted octanol–water partition coefficient (Wildman–Crippen LogP) is 0.503. The number of rotatable bonds is 2. The summed E-state index contributed by atoms with van der Waals surface area (Å²) >= 11 is 0. The first-order valence-corrected chi connectivity index (χ1v) is 6.20. The van der Waals surface area contributed by atoms with Crippen LogP contribution in [0.3, 0.4) is 0 Å². The maximum atomic E-state index is 11.9. The van der Waals surface area contributed by atoms with Gasteiger partial charge in [-0.15, -0.1) is 0 Å². The molecule has 2 N–H and O–H groups in total. The van der Waals surface area contributed by atoms with Gasteiger partial charge in [-0.3, -0.25) is 10.2 Å². The van der Waals surface area contributed by atoms with E-state index in [4.69, 9.17) is 5.11 Å². The van der Waals surface area contributed by atoms with Crippen LogP contribution in [0.15, 0.2) is 0 Å². The molecule has 2 rings (SSSR count). The van der Waals surface area contributed by atoms with Gasteiger partial charge in [0.1, 0.15) is 0 Å². The average molecular weight is 241 g/mol. The second-order valence-corrected chi connectivity index (χ2v) is 4.73. The summed E-state index contributed by atoms with van der Waals surface area (Å²) < 4.78 is 0. The highest BCUT2D eigenvalue weighted by Gasteiger charge is 2.31. The molecule has 2 saturated heterocycles. The molecule has 0 spiro atoms. The van der Waals surface area contributed by atoms with Crippen LogP contribution in [0.4, 0.5) is 4.79 Å². The second kappa shape index (κ2) is 5.35.